The molecule has 0 saturated carbocycles. The number of carbonyl (C=O) groups is 2. The fourth-order valence-corrected chi connectivity index (χ4v) is 6.27. The molecule has 3 aliphatic heterocycles. The van der Waals surface area contributed by atoms with Crippen molar-refractivity contribution in [3.05, 3.63) is 0 Å². The van der Waals surface area contributed by atoms with Crippen molar-refractivity contribution in [1.82, 2.24) is 19.6 Å². The molecule has 0 spiro atoms. The van der Waals surface area contributed by atoms with Crippen LogP contribution >= 0.6 is 23.5 Å². The summed E-state index contributed by atoms with van der Waals surface area (Å²) in [6, 6.07) is 0. The lowest BCUT2D eigenvalue weighted by atomic mass is 10.2. The second-order valence-electron chi connectivity index (χ2n) is 8.58. The quantitative estimate of drug-likeness (QED) is 0.419. The van der Waals surface area contributed by atoms with Gasteiger partial charge in [-0.05, 0) is 51.9 Å². The summed E-state index contributed by atoms with van der Waals surface area (Å²) in [7, 11) is 0. The molecule has 3 aliphatic rings. The maximum Gasteiger partial charge on any atom is 0.223 e. The van der Waals surface area contributed by atoms with Gasteiger partial charge >= 0.3 is 0 Å². The summed E-state index contributed by atoms with van der Waals surface area (Å²) in [6.45, 7) is 10.1. The molecule has 30 heavy (non-hydrogen) atoms. The molecule has 0 radical (unpaired) electrons. The molecule has 0 N–H and O–H groups in total. The van der Waals surface area contributed by atoms with Gasteiger partial charge in [0.1, 0.15) is 0 Å². The second-order valence-corrected chi connectivity index (χ2v) is 11.0. The maximum absolute atomic E-state index is 12.4. The smallest absolute Gasteiger partial charge is 0.223 e. The SMILES string of the molecule is O=C(CCSCCN1CCCC1)N1CCN(C(=O)CCSCCN2CCCC2)CC1. The molecule has 3 saturated heterocycles. The van der Waals surface area contributed by atoms with Gasteiger partial charge in [-0.2, -0.15) is 23.5 Å². The van der Waals surface area contributed by atoms with Gasteiger partial charge in [0.15, 0.2) is 0 Å². The Morgan fingerprint density at radius 2 is 0.900 bits per heavy atom. The third-order valence-corrected chi connectivity index (χ3v) is 8.33. The summed E-state index contributed by atoms with van der Waals surface area (Å²) in [4.78, 5) is 33.8. The Balaban J connectivity index is 1.17. The average Bonchev–Trinajstić information content (AvgIpc) is 3.47. The van der Waals surface area contributed by atoms with E-state index in [4.69, 9.17) is 0 Å². The summed E-state index contributed by atoms with van der Waals surface area (Å²) in [5, 5.41) is 0. The summed E-state index contributed by atoms with van der Waals surface area (Å²) in [5.41, 5.74) is 0. The number of likely N-dealkylation sites (tertiary alicyclic amines) is 2. The highest BCUT2D eigenvalue weighted by molar-refractivity contribution is 7.99. The van der Waals surface area contributed by atoms with Crippen molar-refractivity contribution in [3.8, 4) is 0 Å². The third-order valence-electron chi connectivity index (χ3n) is 6.41. The topological polar surface area (TPSA) is 47.1 Å². The molecule has 3 rings (SSSR count). The normalized spacial score (nSPS) is 20.9. The molecular weight excluding hydrogens is 416 g/mol. The van der Waals surface area contributed by atoms with Crippen LogP contribution in [-0.2, 0) is 9.59 Å². The van der Waals surface area contributed by atoms with Crippen molar-refractivity contribution in [1.29, 1.82) is 0 Å². The van der Waals surface area contributed by atoms with E-state index in [-0.39, 0.29) is 11.8 Å². The highest BCUT2D eigenvalue weighted by Gasteiger charge is 2.23. The Kier molecular flexibility index (Phi) is 11.2. The minimum atomic E-state index is 0.258. The molecule has 0 atom stereocenters. The maximum atomic E-state index is 12.4. The highest BCUT2D eigenvalue weighted by atomic mass is 32.2. The van der Waals surface area contributed by atoms with E-state index in [0.717, 1.165) is 36.1 Å². The second kappa shape index (κ2) is 13.9. The molecule has 0 aliphatic carbocycles. The van der Waals surface area contributed by atoms with Crippen LogP contribution in [0.15, 0.2) is 0 Å². The monoisotopic (exact) mass is 456 g/mol. The van der Waals surface area contributed by atoms with Crippen LogP contribution in [0.1, 0.15) is 38.5 Å². The number of hydrogen-bond acceptors (Lipinski definition) is 6. The van der Waals surface area contributed by atoms with Crippen LogP contribution < -0.4 is 0 Å². The molecule has 6 nitrogen and oxygen atoms in total. The third kappa shape index (κ3) is 8.60. The van der Waals surface area contributed by atoms with Crippen LogP contribution in [0, 0.1) is 0 Å². The largest absolute Gasteiger partial charge is 0.339 e. The molecule has 0 aromatic rings. The number of thioether (sulfide) groups is 2. The molecule has 3 heterocycles. The van der Waals surface area contributed by atoms with E-state index in [1.165, 1.54) is 51.9 Å². The van der Waals surface area contributed by atoms with Crippen molar-refractivity contribution in [3.63, 3.8) is 0 Å². The minimum absolute atomic E-state index is 0.258. The molecule has 0 aromatic carbocycles. The zero-order chi connectivity index (χ0) is 21.0. The standard InChI is InChI=1S/C22H40N4O2S2/c27-21(5-17-29-19-15-23-7-1-2-8-23)25-11-13-26(14-12-25)22(28)6-18-30-20-16-24-9-3-4-10-24/h1-20H2. The van der Waals surface area contributed by atoms with Gasteiger partial charge in [0.05, 0.1) is 0 Å². The van der Waals surface area contributed by atoms with Gasteiger partial charge in [0.2, 0.25) is 11.8 Å². The molecule has 0 bridgehead atoms. The lowest BCUT2D eigenvalue weighted by molar-refractivity contribution is -0.139. The lowest BCUT2D eigenvalue weighted by Crippen LogP contribution is -2.50. The molecule has 3 fully saturated rings. The predicted octanol–water partition coefficient (Wildman–Crippen LogP) is 2.10. The fraction of sp³-hybridized carbons (Fsp3) is 0.909. The van der Waals surface area contributed by atoms with E-state index in [0.29, 0.717) is 39.0 Å². The van der Waals surface area contributed by atoms with E-state index in [1.807, 2.05) is 33.3 Å². The average molecular weight is 457 g/mol. The van der Waals surface area contributed by atoms with Crippen LogP contribution in [0.3, 0.4) is 0 Å². The van der Waals surface area contributed by atoms with Crippen LogP contribution in [0.5, 0.6) is 0 Å². The number of piperazine rings is 1. The summed E-state index contributed by atoms with van der Waals surface area (Å²) in [6.07, 6.45) is 6.63. The van der Waals surface area contributed by atoms with Gasteiger partial charge in [-0.3, -0.25) is 9.59 Å². The van der Waals surface area contributed by atoms with Gasteiger partial charge in [-0.15, -0.1) is 0 Å². The van der Waals surface area contributed by atoms with Crippen LogP contribution in [0.25, 0.3) is 0 Å². The van der Waals surface area contributed by atoms with E-state index in [1.54, 1.807) is 0 Å². The molecule has 172 valence electrons. The molecule has 0 unspecified atom stereocenters. The van der Waals surface area contributed by atoms with Gasteiger partial charge < -0.3 is 19.6 Å². The Hall–Kier alpha value is -0.440. The molecule has 8 heteroatoms. The molecule has 2 amide bonds. The Bertz CT molecular complexity index is 471. The first-order valence-corrected chi connectivity index (χ1v) is 14.2. The van der Waals surface area contributed by atoms with Crippen molar-refractivity contribution in [2.45, 2.75) is 38.5 Å². The van der Waals surface area contributed by atoms with Crippen molar-refractivity contribution in [2.75, 3.05) is 88.5 Å². The predicted molar refractivity (Wildman–Crippen MR) is 128 cm³/mol. The highest BCUT2D eigenvalue weighted by Crippen LogP contribution is 2.13. The first-order valence-electron chi connectivity index (χ1n) is 11.9. The van der Waals surface area contributed by atoms with Gasteiger partial charge in [0, 0.05) is 75.1 Å². The van der Waals surface area contributed by atoms with Crippen molar-refractivity contribution >= 4 is 35.3 Å². The Labute approximate surface area is 191 Å². The summed E-state index contributed by atoms with van der Waals surface area (Å²) < 4.78 is 0. The van der Waals surface area contributed by atoms with Gasteiger partial charge in [-0.25, -0.2) is 0 Å². The zero-order valence-electron chi connectivity index (χ0n) is 18.6. The molecular formula is C22H40N4O2S2. The summed E-state index contributed by atoms with van der Waals surface area (Å²) in [5.74, 6) is 4.61. The van der Waals surface area contributed by atoms with Crippen LogP contribution in [0.2, 0.25) is 0 Å². The van der Waals surface area contributed by atoms with E-state index in [2.05, 4.69) is 9.80 Å². The van der Waals surface area contributed by atoms with Crippen molar-refractivity contribution < 1.29 is 9.59 Å². The van der Waals surface area contributed by atoms with E-state index < -0.39 is 0 Å². The fourth-order valence-electron chi connectivity index (χ4n) is 4.44. The van der Waals surface area contributed by atoms with Crippen LogP contribution in [-0.4, -0.2) is 120 Å². The Morgan fingerprint density at radius 3 is 1.27 bits per heavy atom. The first kappa shape index (κ1) is 24.2. The van der Waals surface area contributed by atoms with Crippen molar-refractivity contribution in [2.24, 2.45) is 0 Å². The first-order chi connectivity index (χ1) is 14.7. The van der Waals surface area contributed by atoms with Crippen LogP contribution in [0.4, 0.5) is 0 Å². The lowest BCUT2D eigenvalue weighted by Gasteiger charge is -2.35. The van der Waals surface area contributed by atoms with E-state index >= 15 is 0 Å². The number of amides is 2. The molecule has 0 aromatic heterocycles. The number of hydrogen-bond donors (Lipinski definition) is 0. The van der Waals surface area contributed by atoms with Gasteiger partial charge in [-0.1, -0.05) is 0 Å². The Morgan fingerprint density at radius 1 is 0.533 bits per heavy atom. The number of rotatable bonds is 12. The van der Waals surface area contributed by atoms with Gasteiger partial charge in [0.25, 0.3) is 0 Å². The van der Waals surface area contributed by atoms with E-state index in [9.17, 15) is 9.59 Å². The minimum Gasteiger partial charge on any atom is -0.339 e. The summed E-state index contributed by atoms with van der Waals surface area (Å²) >= 11 is 3.80. The number of carbonyl (C=O) groups excluding carboxylic acids is 2. The number of nitrogens with zero attached hydrogens (tertiary/aromatic N) is 4. The zero-order valence-corrected chi connectivity index (χ0v) is 20.2.